The van der Waals surface area contributed by atoms with Gasteiger partial charge in [-0.2, -0.15) is 0 Å². The predicted octanol–water partition coefficient (Wildman–Crippen LogP) is 6.67. The monoisotopic (exact) mass is 401 g/mol. The molecule has 0 radical (unpaired) electrons. The van der Waals surface area contributed by atoms with Crippen LogP contribution in [0.5, 0.6) is 0 Å². The molecule has 1 aliphatic rings. The molecule has 0 aromatic heterocycles. The average Bonchev–Trinajstić information content (AvgIpc) is 2.68. The fourth-order valence-corrected chi connectivity index (χ4v) is 3.94. The zero-order valence-electron chi connectivity index (χ0n) is 17.3. The molecule has 2 aromatic rings. The van der Waals surface area contributed by atoms with E-state index in [0.29, 0.717) is 11.8 Å². The lowest BCUT2D eigenvalue weighted by molar-refractivity contribution is 0.287. The van der Waals surface area contributed by atoms with Crippen LogP contribution in [0.3, 0.4) is 0 Å². The number of halogens is 2. The van der Waals surface area contributed by atoms with Crippen LogP contribution in [0, 0.1) is 5.92 Å². The van der Waals surface area contributed by atoms with Crippen molar-refractivity contribution >= 4 is 18.0 Å². The number of alkyl halides is 1. The SMILES string of the molecule is CC(C)Cc1ccc(C(C)CN2CC=C(c3cccc(CF)c3)CC2)cc1.Cl. The summed E-state index contributed by atoms with van der Waals surface area (Å²) in [5.41, 5.74) is 6.16. The fourth-order valence-electron chi connectivity index (χ4n) is 3.94. The van der Waals surface area contributed by atoms with Crippen molar-refractivity contribution in [2.45, 2.75) is 46.2 Å². The van der Waals surface area contributed by atoms with Gasteiger partial charge in [0.15, 0.2) is 0 Å². The van der Waals surface area contributed by atoms with Crippen molar-refractivity contribution in [2.75, 3.05) is 19.6 Å². The Morgan fingerprint density at radius 3 is 2.36 bits per heavy atom. The average molecular weight is 402 g/mol. The van der Waals surface area contributed by atoms with E-state index < -0.39 is 0 Å². The standard InChI is InChI=1S/C25H32FN.ClH/c1-19(2)15-21-7-9-23(10-8-21)20(3)18-27-13-11-24(12-14-27)25-6-4-5-22(16-25)17-26;/h4-11,16,19-20H,12-15,17-18H2,1-3H3;1H. The highest BCUT2D eigenvalue weighted by atomic mass is 35.5. The van der Waals surface area contributed by atoms with Gasteiger partial charge in [-0.25, -0.2) is 4.39 Å². The third-order valence-electron chi connectivity index (χ3n) is 5.47. The molecule has 0 fully saturated rings. The summed E-state index contributed by atoms with van der Waals surface area (Å²) in [7, 11) is 0. The quantitative estimate of drug-likeness (QED) is 0.500. The minimum absolute atomic E-state index is 0. The minimum atomic E-state index is -0.388. The van der Waals surface area contributed by atoms with E-state index in [9.17, 15) is 4.39 Å². The maximum absolute atomic E-state index is 12.9. The molecule has 2 aromatic carbocycles. The van der Waals surface area contributed by atoms with Crippen molar-refractivity contribution in [1.29, 1.82) is 0 Å². The molecule has 3 heteroatoms. The van der Waals surface area contributed by atoms with Gasteiger partial charge in [0.25, 0.3) is 0 Å². The molecule has 28 heavy (non-hydrogen) atoms. The van der Waals surface area contributed by atoms with Gasteiger partial charge < -0.3 is 0 Å². The first-order valence-corrected chi connectivity index (χ1v) is 10.2. The largest absolute Gasteiger partial charge is 0.299 e. The topological polar surface area (TPSA) is 3.24 Å². The summed E-state index contributed by atoms with van der Waals surface area (Å²) in [6.45, 7) is 9.59. The summed E-state index contributed by atoms with van der Waals surface area (Å²) >= 11 is 0. The zero-order valence-corrected chi connectivity index (χ0v) is 18.1. The second kappa shape index (κ2) is 10.8. The smallest absolute Gasteiger partial charge is 0.115 e. The zero-order chi connectivity index (χ0) is 19.2. The Balaban J connectivity index is 0.00000280. The van der Waals surface area contributed by atoms with Gasteiger partial charge in [-0.05, 0) is 58.6 Å². The Kier molecular flexibility index (Phi) is 8.72. The van der Waals surface area contributed by atoms with Gasteiger partial charge in [-0.15, -0.1) is 12.4 Å². The number of rotatable bonds is 7. The van der Waals surface area contributed by atoms with Gasteiger partial charge in [0.05, 0.1) is 0 Å². The maximum atomic E-state index is 12.9. The molecular weight excluding hydrogens is 369 g/mol. The van der Waals surface area contributed by atoms with E-state index in [-0.39, 0.29) is 19.1 Å². The normalized spacial score (nSPS) is 15.8. The van der Waals surface area contributed by atoms with Crippen molar-refractivity contribution < 1.29 is 4.39 Å². The number of hydrogen-bond donors (Lipinski definition) is 0. The van der Waals surface area contributed by atoms with Gasteiger partial charge in [0.1, 0.15) is 6.67 Å². The molecule has 0 amide bonds. The molecule has 0 spiro atoms. The van der Waals surface area contributed by atoms with Crippen LogP contribution >= 0.6 is 12.4 Å². The minimum Gasteiger partial charge on any atom is -0.299 e. The van der Waals surface area contributed by atoms with E-state index >= 15 is 0 Å². The molecule has 1 unspecified atom stereocenters. The lowest BCUT2D eigenvalue weighted by Crippen LogP contribution is -2.31. The van der Waals surface area contributed by atoms with Crippen LogP contribution in [-0.4, -0.2) is 24.5 Å². The summed E-state index contributed by atoms with van der Waals surface area (Å²) in [5, 5.41) is 0. The number of nitrogens with zero attached hydrogens (tertiary/aromatic N) is 1. The summed E-state index contributed by atoms with van der Waals surface area (Å²) in [5.74, 6) is 1.23. The Morgan fingerprint density at radius 1 is 1.00 bits per heavy atom. The third kappa shape index (κ3) is 6.18. The molecule has 0 saturated heterocycles. The molecule has 152 valence electrons. The van der Waals surface area contributed by atoms with Crippen LogP contribution in [0.4, 0.5) is 4.39 Å². The highest BCUT2D eigenvalue weighted by molar-refractivity contribution is 5.85. The van der Waals surface area contributed by atoms with Crippen LogP contribution in [0.2, 0.25) is 0 Å². The van der Waals surface area contributed by atoms with E-state index in [1.54, 1.807) is 0 Å². The Labute approximate surface area is 176 Å². The predicted molar refractivity (Wildman–Crippen MR) is 121 cm³/mol. The Bertz CT molecular complexity index is 766. The van der Waals surface area contributed by atoms with E-state index in [2.05, 4.69) is 62.1 Å². The van der Waals surface area contributed by atoms with Gasteiger partial charge in [0.2, 0.25) is 0 Å². The highest BCUT2D eigenvalue weighted by Crippen LogP contribution is 2.25. The van der Waals surface area contributed by atoms with E-state index in [4.69, 9.17) is 0 Å². The Morgan fingerprint density at radius 2 is 1.75 bits per heavy atom. The first kappa shape index (κ1) is 22.6. The molecule has 0 aliphatic carbocycles. The Hall–Kier alpha value is -1.64. The van der Waals surface area contributed by atoms with E-state index in [1.165, 1.54) is 22.3 Å². The van der Waals surface area contributed by atoms with Gasteiger partial charge in [-0.1, -0.05) is 69.3 Å². The van der Waals surface area contributed by atoms with Crippen LogP contribution in [0.25, 0.3) is 5.57 Å². The van der Waals surface area contributed by atoms with Crippen molar-refractivity contribution in [3.8, 4) is 0 Å². The molecule has 1 nitrogen and oxygen atoms in total. The first-order valence-electron chi connectivity index (χ1n) is 10.2. The maximum Gasteiger partial charge on any atom is 0.115 e. The molecular formula is C25H33ClFN. The van der Waals surface area contributed by atoms with Crippen LogP contribution in [-0.2, 0) is 13.1 Å². The number of hydrogen-bond acceptors (Lipinski definition) is 1. The number of benzene rings is 2. The van der Waals surface area contributed by atoms with Crippen LogP contribution in [0.1, 0.15) is 55.4 Å². The van der Waals surface area contributed by atoms with Crippen molar-refractivity contribution in [1.82, 2.24) is 4.90 Å². The molecule has 1 heterocycles. The molecule has 1 atom stereocenters. The lowest BCUT2D eigenvalue weighted by Gasteiger charge is -2.29. The summed E-state index contributed by atoms with van der Waals surface area (Å²) in [4.78, 5) is 2.52. The van der Waals surface area contributed by atoms with Gasteiger partial charge in [0, 0.05) is 19.6 Å². The highest BCUT2D eigenvalue weighted by Gasteiger charge is 2.16. The summed E-state index contributed by atoms with van der Waals surface area (Å²) in [6.07, 6.45) is 4.51. The van der Waals surface area contributed by atoms with E-state index in [0.717, 1.165) is 38.0 Å². The molecule has 0 saturated carbocycles. The second-order valence-electron chi connectivity index (χ2n) is 8.31. The molecule has 0 N–H and O–H groups in total. The molecule has 0 bridgehead atoms. The summed E-state index contributed by atoms with van der Waals surface area (Å²) in [6, 6.07) is 17.1. The van der Waals surface area contributed by atoms with Gasteiger partial charge >= 0.3 is 0 Å². The second-order valence-corrected chi connectivity index (χ2v) is 8.31. The molecule has 3 rings (SSSR count). The first-order chi connectivity index (χ1) is 13.0. The summed E-state index contributed by atoms with van der Waals surface area (Å²) < 4.78 is 12.9. The van der Waals surface area contributed by atoms with Crippen molar-refractivity contribution in [3.05, 3.63) is 76.9 Å². The third-order valence-corrected chi connectivity index (χ3v) is 5.47. The fraction of sp³-hybridized carbons (Fsp3) is 0.440. The van der Waals surface area contributed by atoms with Crippen molar-refractivity contribution in [2.24, 2.45) is 5.92 Å². The van der Waals surface area contributed by atoms with Crippen LogP contribution < -0.4 is 0 Å². The van der Waals surface area contributed by atoms with Gasteiger partial charge in [-0.3, -0.25) is 4.90 Å². The van der Waals surface area contributed by atoms with Crippen molar-refractivity contribution in [3.63, 3.8) is 0 Å². The van der Waals surface area contributed by atoms with E-state index in [1.807, 2.05) is 18.2 Å². The molecule has 1 aliphatic heterocycles. The lowest BCUT2D eigenvalue weighted by atomic mass is 9.95. The van der Waals surface area contributed by atoms with Crippen LogP contribution in [0.15, 0.2) is 54.6 Å².